The summed E-state index contributed by atoms with van der Waals surface area (Å²) in [6.07, 6.45) is 3.26. The highest BCUT2D eigenvalue weighted by molar-refractivity contribution is 6.12. The van der Waals surface area contributed by atoms with Gasteiger partial charge in [-0.25, -0.2) is 4.90 Å². The summed E-state index contributed by atoms with van der Waals surface area (Å²) in [6, 6.07) is 26.0. The maximum atomic E-state index is 14.2. The number of nitrogens with zero attached hydrogens (tertiary/aromatic N) is 5. The van der Waals surface area contributed by atoms with Crippen molar-refractivity contribution in [1.29, 1.82) is 0 Å². The van der Waals surface area contributed by atoms with Crippen LogP contribution in [0.15, 0.2) is 85.1 Å². The lowest BCUT2D eigenvalue weighted by Crippen LogP contribution is -2.47. The molecule has 1 spiro atoms. The molecule has 4 heterocycles. The summed E-state index contributed by atoms with van der Waals surface area (Å²) in [7, 11) is 0. The number of hydrogen-bond acceptors (Lipinski definition) is 4. The molecule has 1 amide bonds. The predicted octanol–water partition coefficient (Wildman–Crippen LogP) is 6.21. The standard InChI is InChI=1S/C31H27N5O/c1-22-7-6-18-33-27(22)21-35-19-16-31(17-20-35)26-14-15-28(32-2)34-29(26)36(30(31)37)25-12-10-24(11-13-25)23-8-4-3-5-9-23/h3-15,18H,16-17,19-21H2,1H3. The fourth-order valence-electron chi connectivity index (χ4n) is 5.61. The van der Waals surface area contributed by atoms with Crippen molar-refractivity contribution < 1.29 is 4.79 Å². The van der Waals surface area contributed by atoms with E-state index in [2.05, 4.69) is 44.8 Å². The van der Waals surface area contributed by atoms with Crippen molar-refractivity contribution >= 4 is 23.2 Å². The van der Waals surface area contributed by atoms with Crippen molar-refractivity contribution in [3.05, 3.63) is 113 Å². The first-order chi connectivity index (χ1) is 18.1. The third-order valence-electron chi connectivity index (χ3n) is 7.75. The van der Waals surface area contributed by atoms with Gasteiger partial charge in [-0.2, -0.15) is 0 Å². The van der Waals surface area contributed by atoms with E-state index < -0.39 is 5.41 Å². The summed E-state index contributed by atoms with van der Waals surface area (Å²) in [5.41, 5.74) is 5.58. The van der Waals surface area contributed by atoms with Crippen LogP contribution in [0.2, 0.25) is 0 Å². The summed E-state index contributed by atoms with van der Waals surface area (Å²) in [6.45, 7) is 12.0. The Morgan fingerprint density at radius 3 is 2.35 bits per heavy atom. The van der Waals surface area contributed by atoms with Gasteiger partial charge in [-0.15, -0.1) is 4.98 Å². The molecule has 0 unspecified atom stereocenters. The van der Waals surface area contributed by atoms with Crippen LogP contribution in [-0.4, -0.2) is 33.9 Å². The Morgan fingerprint density at radius 1 is 0.919 bits per heavy atom. The highest BCUT2D eigenvalue weighted by Crippen LogP contribution is 2.50. The quantitative estimate of drug-likeness (QED) is 0.322. The highest BCUT2D eigenvalue weighted by atomic mass is 16.2. The first-order valence-corrected chi connectivity index (χ1v) is 12.6. The fourth-order valence-corrected chi connectivity index (χ4v) is 5.61. The van der Waals surface area contributed by atoms with Crippen LogP contribution in [0.25, 0.3) is 16.0 Å². The number of carbonyl (C=O) groups excluding carboxylic acids is 1. The number of aryl methyl sites for hydroxylation is 1. The Kier molecular flexibility index (Phi) is 5.78. The third-order valence-corrected chi connectivity index (χ3v) is 7.75. The number of piperidine rings is 1. The van der Waals surface area contributed by atoms with E-state index >= 15 is 0 Å². The van der Waals surface area contributed by atoms with Crippen LogP contribution in [0.1, 0.15) is 29.7 Å². The van der Waals surface area contributed by atoms with Crippen molar-refractivity contribution in [2.75, 3.05) is 18.0 Å². The Hall–Kier alpha value is -4.34. The SMILES string of the molecule is [C-]#[N+]c1ccc2c(n1)N(c1ccc(-c3ccccc3)cc1)C(=O)C21CCN(Cc2ncccc2C)CC1. The Labute approximate surface area is 217 Å². The average Bonchev–Trinajstić information content (AvgIpc) is 3.18. The largest absolute Gasteiger partial charge is 0.361 e. The van der Waals surface area contributed by atoms with Gasteiger partial charge in [0.05, 0.1) is 16.8 Å². The molecule has 2 aromatic heterocycles. The zero-order valence-corrected chi connectivity index (χ0v) is 20.8. The molecule has 2 aliphatic rings. The van der Waals surface area contributed by atoms with E-state index in [-0.39, 0.29) is 5.91 Å². The topological polar surface area (TPSA) is 53.7 Å². The van der Waals surface area contributed by atoms with E-state index in [0.717, 1.165) is 47.7 Å². The summed E-state index contributed by atoms with van der Waals surface area (Å²) in [4.78, 5) is 31.0. The molecule has 0 saturated carbocycles. The van der Waals surface area contributed by atoms with Gasteiger partial charge in [0.25, 0.3) is 5.82 Å². The van der Waals surface area contributed by atoms with E-state index in [9.17, 15) is 4.79 Å². The van der Waals surface area contributed by atoms with Crippen molar-refractivity contribution in [3.8, 4) is 11.1 Å². The van der Waals surface area contributed by atoms with Gasteiger partial charge in [-0.3, -0.25) is 14.7 Å². The summed E-state index contributed by atoms with van der Waals surface area (Å²) < 4.78 is 0. The smallest absolute Gasteiger partial charge is 0.271 e. The number of benzene rings is 2. The zero-order valence-electron chi connectivity index (χ0n) is 20.8. The van der Waals surface area contributed by atoms with Crippen LogP contribution < -0.4 is 4.90 Å². The second kappa shape index (κ2) is 9.27. The second-order valence-electron chi connectivity index (χ2n) is 9.83. The minimum atomic E-state index is -0.628. The number of rotatable bonds is 4. The molecule has 1 fully saturated rings. The van der Waals surface area contributed by atoms with Gasteiger partial charge in [0.2, 0.25) is 11.7 Å². The van der Waals surface area contributed by atoms with Crippen molar-refractivity contribution in [1.82, 2.24) is 14.9 Å². The average molecular weight is 486 g/mol. The number of hydrogen-bond donors (Lipinski definition) is 0. The number of fused-ring (bicyclic) bond motifs is 2. The fraction of sp³-hybridized carbons (Fsp3) is 0.226. The van der Waals surface area contributed by atoms with Crippen LogP contribution >= 0.6 is 0 Å². The van der Waals surface area contributed by atoms with Crippen LogP contribution in [-0.2, 0) is 16.8 Å². The van der Waals surface area contributed by atoms with E-state index in [1.165, 1.54) is 5.56 Å². The molecular formula is C31H27N5O. The van der Waals surface area contributed by atoms with Crippen LogP contribution in [0.4, 0.5) is 17.3 Å². The van der Waals surface area contributed by atoms with Gasteiger partial charge in [-0.1, -0.05) is 61.2 Å². The molecule has 37 heavy (non-hydrogen) atoms. The Balaban J connectivity index is 1.31. The molecule has 0 bridgehead atoms. The molecule has 6 rings (SSSR count). The number of aromatic nitrogens is 2. The number of amides is 1. The van der Waals surface area contributed by atoms with Gasteiger partial charge in [0.1, 0.15) is 0 Å². The molecule has 0 N–H and O–H groups in total. The third kappa shape index (κ3) is 3.98. The molecule has 6 heteroatoms. The van der Waals surface area contributed by atoms with Crippen molar-refractivity contribution in [2.45, 2.75) is 31.7 Å². The molecular weight excluding hydrogens is 458 g/mol. The van der Waals surface area contributed by atoms with Gasteiger partial charge >= 0.3 is 0 Å². The second-order valence-corrected chi connectivity index (χ2v) is 9.83. The van der Waals surface area contributed by atoms with Gasteiger partial charge in [0, 0.05) is 18.3 Å². The van der Waals surface area contributed by atoms with Gasteiger partial charge in [-0.05, 0) is 73.8 Å². The van der Waals surface area contributed by atoms with E-state index in [1.54, 1.807) is 11.0 Å². The normalized spacial score (nSPS) is 16.5. The monoisotopic (exact) mass is 485 g/mol. The Bertz CT molecular complexity index is 1500. The molecule has 2 aromatic carbocycles. The van der Waals surface area contributed by atoms with Crippen LogP contribution in [0.3, 0.4) is 0 Å². The van der Waals surface area contributed by atoms with Gasteiger partial charge in [0.15, 0.2) is 0 Å². The molecule has 0 atom stereocenters. The lowest BCUT2D eigenvalue weighted by molar-refractivity contribution is -0.124. The van der Waals surface area contributed by atoms with Crippen LogP contribution in [0.5, 0.6) is 0 Å². The zero-order chi connectivity index (χ0) is 25.4. The maximum absolute atomic E-state index is 14.2. The summed E-state index contributed by atoms with van der Waals surface area (Å²) in [5, 5.41) is 0. The lowest BCUT2D eigenvalue weighted by Gasteiger charge is -2.38. The number of likely N-dealkylation sites (tertiary alicyclic amines) is 1. The van der Waals surface area contributed by atoms with Crippen molar-refractivity contribution in [3.63, 3.8) is 0 Å². The molecule has 1 saturated heterocycles. The summed E-state index contributed by atoms with van der Waals surface area (Å²) >= 11 is 0. The molecule has 182 valence electrons. The number of anilines is 2. The number of carbonyl (C=O) groups is 1. The maximum Gasteiger partial charge on any atom is 0.271 e. The molecule has 6 nitrogen and oxygen atoms in total. The van der Waals surface area contributed by atoms with Gasteiger partial charge < -0.3 is 4.85 Å². The summed E-state index contributed by atoms with van der Waals surface area (Å²) in [5.74, 6) is 0.954. The highest BCUT2D eigenvalue weighted by Gasteiger charge is 2.54. The van der Waals surface area contributed by atoms with E-state index in [4.69, 9.17) is 6.57 Å². The first kappa shape index (κ1) is 23.1. The van der Waals surface area contributed by atoms with Crippen molar-refractivity contribution in [2.24, 2.45) is 0 Å². The van der Waals surface area contributed by atoms with E-state index in [0.29, 0.717) is 24.5 Å². The van der Waals surface area contributed by atoms with Crippen LogP contribution in [0, 0.1) is 13.5 Å². The first-order valence-electron chi connectivity index (χ1n) is 12.6. The predicted molar refractivity (Wildman–Crippen MR) is 145 cm³/mol. The minimum absolute atomic E-state index is 0.0539. The minimum Gasteiger partial charge on any atom is -0.361 e. The molecule has 2 aliphatic heterocycles. The molecule has 4 aromatic rings. The number of pyridine rings is 2. The molecule has 0 aliphatic carbocycles. The lowest BCUT2D eigenvalue weighted by atomic mass is 9.74. The molecule has 0 radical (unpaired) electrons. The Morgan fingerprint density at radius 2 is 1.65 bits per heavy atom. The van der Waals surface area contributed by atoms with E-state index in [1.807, 2.05) is 60.8 Å².